The second kappa shape index (κ2) is 10.9. The summed E-state index contributed by atoms with van der Waals surface area (Å²) >= 11 is 0. The van der Waals surface area contributed by atoms with E-state index >= 15 is 0 Å². The fraction of sp³-hybridized carbons (Fsp3) is 1.00. The van der Waals surface area contributed by atoms with Crippen molar-refractivity contribution >= 4 is 0 Å². The zero-order chi connectivity index (χ0) is 12.7. The second-order valence-corrected chi connectivity index (χ2v) is 6.06. The number of aliphatic hydroxyl groups is 2. The zero-order valence-corrected chi connectivity index (χ0v) is 12.4. The van der Waals surface area contributed by atoms with Gasteiger partial charge in [-0.05, 0) is 6.92 Å². The van der Waals surface area contributed by atoms with Crippen molar-refractivity contribution in [1.29, 1.82) is 0 Å². The third-order valence-electron chi connectivity index (χ3n) is 1.58. The molecule has 0 saturated carbocycles. The minimum atomic E-state index is -0.185. The highest BCUT2D eigenvalue weighted by molar-refractivity contribution is 4.39. The molecule has 0 bridgehead atoms. The summed E-state index contributed by atoms with van der Waals surface area (Å²) in [5, 5.41) is 17.3. The molecular formula is C11H32N2O4. The molecule has 17 heavy (non-hydrogen) atoms. The molecule has 1 unspecified atom stereocenters. The highest BCUT2D eigenvalue weighted by atomic mass is 16.3. The molecule has 0 aliphatic rings. The average molecular weight is 256 g/mol. The van der Waals surface area contributed by atoms with Crippen LogP contribution >= 0.6 is 0 Å². The number of hydrogen-bond donors (Lipinski definition) is 2. The summed E-state index contributed by atoms with van der Waals surface area (Å²) in [6.45, 7) is 3.74. The van der Waals surface area contributed by atoms with Crippen LogP contribution in [0, 0.1) is 0 Å². The van der Waals surface area contributed by atoms with Gasteiger partial charge in [-0.1, -0.05) is 0 Å². The molecule has 0 aromatic heterocycles. The summed E-state index contributed by atoms with van der Waals surface area (Å²) in [5.41, 5.74) is 0. The number of rotatable bonds is 4. The van der Waals surface area contributed by atoms with Crippen LogP contribution in [0.3, 0.4) is 0 Å². The average Bonchev–Trinajstić information content (AvgIpc) is 1.77. The molecule has 0 aromatic carbocycles. The lowest BCUT2D eigenvalue weighted by Crippen LogP contribution is -2.40. The molecule has 0 fully saturated rings. The molecule has 0 amide bonds. The Hall–Kier alpha value is -0.240. The van der Waals surface area contributed by atoms with E-state index in [4.69, 9.17) is 10.2 Å². The van der Waals surface area contributed by atoms with E-state index in [9.17, 15) is 0 Å². The Kier molecular flexibility index (Phi) is 16.4. The van der Waals surface area contributed by atoms with E-state index < -0.39 is 0 Å². The van der Waals surface area contributed by atoms with Gasteiger partial charge in [0.05, 0.1) is 48.9 Å². The summed E-state index contributed by atoms with van der Waals surface area (Å²) in [6, 6.07) is 0. The summed E-state index contributed by atoms with van der Waals surface area (Å²) in [5.74, 6) is 0. The van der Waals surface area contributed by atoms with Crippen LogP contribution < -0.4 is 0 Å². The normalized spacial score (nSPS) is 12.5. The van der Waals surface area contributed by atoms with Crippen LogP contribution in [0.4, 0.5) is 0 Å². The maximum atomic E-state index is 8.87. The van der Waals surface area contributed by atoms with Gasteiger partial charge in [-0.3, -0.25) is 0 Å². The number of likely N-dealkylation sites (N-methyl/N-ethyl adjacent to an activating group) is 2. The molecule has 6 heteroatoms. The summed E-state index contributed by atoms with van der Waals surface area (Å²) in [4.78, 5) is 0. The first kappa shape index (κ1) is 25.6. The number of aliphatic hydroxyl groups excluding tert-OH is 2. The van der Waals surface area contributed by atoms with Gasteiger partial charge >= 0.3 is 0 Å². The second-order valence-electron chi connectivity index (χ2n) is 6.06. The number of quaternary nitrogens is 2. The van der Waals surface area contributed by atoms with E-state index in [0.717, 1.165) is 22.1 Å². The largest absolute Gasteiger partial charge is 0.870 e. The molecule has 0 aliphatic carbocycles. The SMILES string of the molecule is CC(O)C[N+](C)(C)C.C[N+](C)(C)CCO.[OH-].[OH-]. The lowest BCUT2D eigenvalue weighted by molar-refractivity contribution is -0.873. The van der Waals surface area contributed by atoms with Crippen molar-refractivity contribution in [3.63, 3.8) is 0 Å². The molecule has 0 aliphatic heterocycles. The molecule has 6 nitrogen and oxygen atoms in total. The molecule has 0 aromatic rings. The maximum Gasteiger partial charge on any atom is 0.104 e. The van der Waals surface area contributed by atoms with Crippen LogP contribution in [0.25, 0.3) is 0 Å². The minimum Gasteiger partial charge on any atom is -0.870 e. The van der Waals surface area contributed by atoms with Crippen LogP contribution in [0.1, 0.15) is 6.92 Å². The maximum absolute atomic E-state index is 8.87. The summed E-state index contributed by atoms with van der Waals surface area (Å²) in [7, 11) is 12.3. The molecule has 0 saturated heterocycles. The van der Waals surface area contributed by atoms with Crippen LogP contribution in [-0.4, -0.2) is 98.2 Å². The highest BCUT2D eigenvalue weighted by Gasteiger charge is 2.09. The molecule has 110 valence electrons. The van der Waals surface area contributed by atoms with E-state index in [-0.39, 0.29) is 23.7 Å². The third kappa shape index (κ3) is 38.9. The summed E-state index contributed by atoms with van der Waals surface area (Å²) in [6.07, 6.45) is -0.185. The number of nitrogens with zero attached hydrogens (tertiary/aromatic N) is 2. The van der Waals surface area contributed by atoms with Crippen LogP contribution in [-0.2, 0) is 0 Å². The van der Waals surface area contributed by atoms with Crippen LogP contribution in [0.15, 0.2) is 0 Å². The van der Waals surface area contributed by atoms with Crippen molar-refractivity contribution in [2.24, 2.45) is 0 Å². The third-order valence-corrected chi connectivity index (χ3v) is 1.58. The quantitative estimate of drug-likeness (QED) is 0.656. The van der Waals surface area contributed by atoms with Crippen molar-refractivity contribution < 1.29 is 30.1 Å². The highest BCUT2D eigenvalue weighted by Crippen LogP contribution is 1.92. The molecule has 0 radical (unpaired) electrons. The molecule has 4 N–H and O–H groups in total. The smallest absolute Gasteiger partial charge is 0.104 e. The van der Waals surface area contributed by atoms with Gasteiger partial charge < -0.3 is 30.1 Å². The minimum absolute atomic E-state index is 0. The van der Waals surface area contributed by atoms with Gasteiger partial charge in [-0.2, -0.15) is 0 Å². The van der Waals surface area contributed by atoms with E-state index in [1.807, 2.05) is 6.92 Å². The van der Waals surface area contributed by atoms with Crippen molar-refractivity contribution in [2.45, 2.75) is 13.0 Å². The predicted molar refractivity (Wildman–Crippen MR) is 68.4 cm³/mol. The van der Waals surface area contributed by atoms with Gasteiger partial charge in [0.1, 0.15) is 19.2 Å². The molecule has 0 spiro atoms. The lowest BCUT2D eigenvalue weighted by Gasteiger charge is -2.24. The van der Waals surface area contributed by atoms with Gasteiger partial charge in [0.2, 0.25) is 0 Å². The predicted octanol–water partition coefficient (Wildman–Crippen LogP) is -0.595. The Bertz CT molecular complexity index is 151. The Morgan fingerprint density at radius 3 is 1.24 bits per heavy atom. The van der Waals surface area contributed by atoms with Gasteiger partial charge in [-0.25, -0.2) is 0 Å². The fourth-order valence-corrected chi connectivity index (χ4v) is 1.09. The number of hydrogen-bond acceptors (Lipinski definition) is 4. The fourth-order valence-electron chi connectivity index (χ4n) is 1.09. The molecule has 0 heterocycles. The standard InChI is InChI=1S/C6H16NO.C5H14NO.2H2O/c1-6(8)5-7(2,3)4;1-6(2,3)4-5-7;;/h6,8H,5H2,1-4H3;7H,4-5H2,1-3H3;2*1H2/q2*+1;;/p-2. The summed E-state index contributed by atoms with van der Waals surface area (Å²) < 4.78 is 1.67. The van der Waals surface area contributed by atoms with Crippen molar-refractivity contribution in [3.05, 3.63) is 0 Å². The monoisotopic (exact) mass is 256 g/mol. The Morgan fingerprint density at radius 2 is 1.24 bits per heavy atom. The van der Waals surface area contributed by atoms with E-state index in [0.29, 0.717) is 0 Å². The first-order valence-corrected chi connectivity index (χ1v) is 5.38. The van der Waals surface area contributed by atoms with E-state index in [1.165, 1.54) is 0 Å². The molecule has 0 rings (SSSR count). The topological polar surface area (TPSA) is 100 Å². The van der Waals surface area contributed by atoms with Crippen LogP contribution in [0.2, 0.25) is 0 Å². The lowest BCUT2D eigenvalue weighted by atomic mass is 10.3. The van der Waals surface area contributed by atoms with Gasteiger partial charge in [0.25, 0.3) is 0 Å². The van der Waals surface area contributed by atoms with Gasteiger partial charge in [0.15, 0.2) is 0 Å². The molecular weight excluding hydrogens is 224 g/mol. The van der Waals surface area contributed by atoms with Crippen molar-refractivity contribution in [3.8, 4) is 0 Å². The van der Waals surface area contributed by atoms with Crippen molar-refractivity contribution in [1.82, 2.24) is 0 Å². The zero-order valence-electron chi connectivity index (χ0n) is 12.4. The van der Waals surface area contributed by atoms with E-state index in [1.54, 1.807) is 0 Å². The first-order chi connectivity index (χ1) is 6.48. The van der Waals surface area contributed by atoms with E-state index in [2.05, 4.69) is 42.3 Å². The Balaban J connectivity index is -0.0000000896. The Morgan fingerprint density at radius 1 is 0.882 bits per heavy atom. The van der Waals surface area contributed by atoms with Crippen LogP contribution in [0.5, 0.6) is 0 Å². The van der Waals surface area contributed by atoms with Crippen molar-refractivity contribution in [2.75, 3.05) is 62.0 Å². The Labute approximate surface area is 106 Å². The van der Waals surface area contributed by atoms with Gasteiger partial charge in [-0.15, -0.1) is 0 Å². The first-order valence-electron chi connectivity index (χ1n) is 5.38. The van der Waals surface area contributed by atoms with Gasteiger partial charge in [0, 0.05) is 0 Å². The molecule has 1 atom stereocenters.